The molecule has 4 rings (SSSR count). The zero-order valence-electron chi connectivity index (χ0n) is 15.9. The van der Waals surface area contributed by atoms with Gasteiger partial charge in [-0.05, 0) is 42.8 Å². The molecular formula is C22H16Cl2N2O2S2. The van der Waals surface area contributed by atoms with Crippen LogP contribution in [-0.4, -0.2) is 21.1 Å². The number of ketones is 1. The van der Waals surface area contributed by atoms with Gasteiger partial charge in [-0.1, -0.05) is 60.1 Å². The average Bonchev–Trinajstić information content (AvgIpc) is 3.18. The fourth-order valence-corrected chi connectivity index (χ4v) is 5.18. The molecule has 30 heavy (non-hydrogen) atoms. The topological polar surface area (TPSA) is 52.0 Å². The van der Waals surface area contributed by atoms with Crippen molar-refractivity contribution in [2.24, 2.45) is 0 Å². The summed E-state index contributed by atoms with van der Waals surface area (Å²) in [6.07, 6.45) is 0.837. The number of halogens is 2. The van der Waals surface area contributed by atoms with Crippen molar-refractivity contribution in [3.63, 3.8) is 0 Å². The van der Waals surface area contributed by atoms with Gasteiger partial charge in [0.15, 0.2) is 10.9 Å². The molecule has 2 aromatic carbocycles. The summed E-state index contributed by atoms with van der Waals surface area (Å²) in [7, 11) is 0. The van der Waals surface area contributed by atoms with Gasteiger partial charge in [-0.25, -0.2) is 4.98 Å². The average molecular weight is 475 g/mol. The molecular weight excluding hydrogens is 459 g/mol. The van der Waals surface area contributed by atoms with Crippen molar-refractivity contribution in [3.8, 4) is 5.69 Å². The molecule has 0 atom stereocenters. The Balaban J connectivity index is 1.74. The van der Waals surface area contributed by atoms with E-state index < -0.39 is 0 Å². The molecule has 0 aliphatic rings. The van der Waals surface area contributed by atoms with E-state index in [1.807, 2.05) is 43.3 Å². The largest absolute Gasteiger partial charge is 0.293 e. The molecule has 2 heterocycles. The predicted molar refractivity (Wildman–Crippen MR) is 126 cm³/mol. The summed E-state index contributed by atoms with van der Waals surface area (Å²) < 4.78 is 1.57. The molecule has 4 aromatic rings. The van der Waals surface area contributed by atoms with E-state index in [9.17, 15) is 9.59 Å². The fourth-order valence-electron chi connectivity index (χ4n) is 2.97. The minimum absolute atomic E-state index is 0.118. The van der Waals surface area contributed by atoms with Crippen LogP contribution in [0.4, 0.5) is 0 Å². The van der Waals surface area contributed by atoms with Gasteiger partial charge in [0, 0.05) is 10.4 Å². The number of hydrogen-bond donors (Lipinski definition) is 0. The Morgan fingerprint density at radius 3 is 2.57 bits per heavy atom. The molecule has 8 heteroatoms. The third-order valence-electron chi connectivity index (χ3n) is 4.52. The number of rotatable bonds is 6. The summed E-state index contributed by atoms with van der Waals surface area (Å²) in [5.41, 5.74) is 1.05. The van der Waals surface area contributed by atoms with Crippen LogP contribution in [0.3, 0.4) is 0 Å². The molecule has 0 bridgehead atoms. The summed E-state index contributed by atoms with van der Waals surface area (Å²) in [4.78, 5) is 32.5. The molecule has 0 amide bonds. The van der Waals surface area contributed by atoms with Crippen LogP contribution >= 0.6 is 46.3 Å². The van der Waals surface area contributed by atoms with E-state index in [-0.39, 0.29) is 17.1 Å². The Hall–Kier alpha value is -2.12. The van der Waals surface area contributed by atoms with Crippen molar-refractivity contribution in [2.45, 2.75) is 18.5 Å². The smallest absolute Gasteiger partial charge is 0.267 e. The maximum atomic E-state index is 13.3. The summed E-state index contributed by atoms with van der Waals surface area (Å²) in [6, 6.07) is 16.0. The van der Waals surface area contributed by atoms with Crippen LogP contribution in [0, 0.1) is 0 Å². The number of aromatic nitrogens is 2. The first-order chi connectivity index (χ1) is 14.5. The first kappa shape index (κ1) is 21.1. The molecule has 0 unspecified atom stereocenters. The number of hydrogen-bond acceptors (Lipinski definition) is 5. The van der Waals surface area contributed by atoms with Crippen molar-refractivity contribution in [1.82, 2.24) is 9.55 Å². The van der Waals surface area contributed by atoms with Gasteiger partial charge in [0.05, 0.1) is 26.9 Å². The van der Waals surface area contributed by atoms with Gasteiger partial charge in [0.25, 0.3) is 5.56 Å². The molecule has 0 N–H and O–H groups in total. The van der Waals surface area contributed by atoms with E-state index in [1.54, 1.807) is 22.8 Å². The highest BCUT2D eigenvalue weighted by Gasteiger charge is 2.17. The van der Waals surface area contributed by atoms with Gasteiger partial charge in [-0.2, -0.15) is 0 Å². The normalized spacial score (nSPS) is 11.2. The third kappa shape index (κ3) is 4.18. The van der Waals surface area contributed by atoms with E-state index >= 15 is 0 Å². The first-order valence-electron chi connectivity index (χ1n) is 9.20. The Morgan fingerprint density at radius 2 is 1.87 bits per heavy atom. The van der Waals surface area contributed by atoms with Crippen molar-refractivity contribution < 1.29 is 4.79 Å². The molecule has 0 saturated heterocycles. The van der Waals surface area contributed by atoms with E-state index in [2.05, 4.69) is 0 Å². The van der Waals surface area contributed by atoms with Crippen LogP contribution in [0.1, 0.15) is 22.2 Å². The summed E-state index contributed by atoms with van der Waals surface area (Å²) >= 11 is 14.7. The van der Waals surface area contributed by atoms with E-state index in [0.717, 1.165) is 11.3 Å². The molecule has 4 nitrogen and oxygen atoms in total. The molecule has 0 radical (unpaired) electrons. The zero-order chi connectivity index (χ0) is 21.3. The summed E-state index contributed by atoms with van der Waals surface area (Å²) in [6.45, 7) is 2.05. The number of carbonyl (C=O) groups is 1. The van der Waals surface area contributed by atoms with Gasteiger partial charge < -0.3 is 0 Å². The Bertz CT molecular complexity index is 1300. The minimum atomic E-state index is -0.133. The van der Waals surface area contributed by atoms with E-state index in [1.165, 1.54) is 23.1 Å². The van der Waals surface area contributed by atoms with Crippen molar-refractivity contribution in [3.05, 3.63) is 85.4 Å². The van der Waals surface area contributed by atoms with Crippen LogP contribution in [-0.2, 0) is 6.42 Å². The van der Waals surface area contributed by atoms with Crippen molar-refractivity contribution >= 4 is 62.3 Å². The van der Waals surface area contributed by atoms with E-state index in [4.69, 9.17) is 28.2 Å². The number of carbonyl (C=O) groups excluding carboxylic acids is 1. The lowest BCUT2D eigenvalue weighted by atomic mass is 10.1. The second kappa shape index (κ2) is 8.94. The van der Waals surface area contributed by atoms with Crippen LogP contribution in [0.2, 0.25) is 10.0 Å². The summed E-state index contributed by atoms with van der Waals surface area (Å²) in [5, 5.41) is 1.81. The van der Waals surface area contributed by atoms with Gasteiger partial charge in [0.1, 0.15) is 4.83 Å². The van der Waals surface area contributed by atoms with Crippen molar-refractivity contribution in [2.75, 3.05) is 5.75 Å². The van der Waals surface area contributed by atoms with Gasteiger partial charge in [0.2, 0.25) is 0 Å². The summed E-state index contributed by atoms with van der Waals surface area (Å²) in [5.74, 6) is 0.00216. The minimum Gasteiger partial charge on any atom is -0.293 e. The van der Waals surface area contributed by atoms with Crippen LogP contribution < -0.4 is 5.56 Å². The zero-order valence-corrected chi connectivity index (χ0v) is 19.0. The lowest BCUT2D eigenvalue weighted by Crippen LogP contribution is -2.21. The highest BCUT2D eigenvalue weighted by atomic mass is 35.5. The second-order valence-corrected chi connectivity index (χ2v) is 9.37. The number of thioether (sulfide) groups is 1. The Labute approximate surface area is 191 Å². The van der Waals surface area contributed by atoms with Crippen LogP contribution in [0.25, 0.3) is 15.9 Å². The first-order valence-corrected chi connectivity index (χ1v) is 11.8. The highest BCUT2D eigenvalue weighted by molar-refractivity contribution is 7.99. The standard InChI is InChI=1S/C22H16Cl2N2O2S2/c1-2-15-11-16-20(30-15)25-22(26(21(16)28)14-6-4-3-5-7-14)29-12-19(27)13-8-9-17(23)18(24)10-13/h3-11H,2,12H2,1H3. The van der Waals surface area contributed by atoms with Gasteiger partial charge >= 0.3 is 0 Å². The monoisotopic (exact) mass is 474 g/mol. The van der Waals surface area contributed by atoms with E-state index in [0.29, 0.717) is 36.7 Å². The number of nitrogens with zero attached hydrogens (tertiary/aromatic N) is 2. The molecule has 0 saturated carbocycles. The number of Topliss-reactive ketones (excluding diaryl/α,β-unsaturated/α-hetero) is 1. The Morgan fingerprint density at radius 1 is 1.10 bits per heavy atom. The molecule has 0 fully saturated rings. The lowest BCUT2D eigenvalue weighted by Gasteiger charge is -2.11. The molecule has 0 aliphatic carbocycles. The number of fused-ring (bicyclic) bond motifs is 1. The Kier molecular flexibility index (Phi) is 6.29. The molecule has 0 aliphatic heterocycles. The second-order valence-electron chi connectivity index (χ2n) is 6.50. The number of para-hydroxylation sites is 1. The van der Waals surface area contributed by atoms with Crippen molar-refractivity contribution in [1.29, 1.82) is 0 Å². The maximum Gasteiger partial charge on any atom is 0.267 e. The van der Waals surface area contributed by atoms with Gasteiger partial charge in [-0.15, -0.1) is 11.3 Å². The fraction of sp³-hybridized carbons (Fsp3) is 0.136. The lowest BCUT2D eigenvalue weighted by molar-refractivity contribution is 0.102. The molecule has 0 spiro atoms. The third-order valence-corrected chi connectivity index (χ3v) is 7.37. The van der Waals surface area contributed by atoms with Gasteiger partial charge in [-0.3, -0.25) is 14.2 Å². The quantitative estimate of drug-likeness (QED) is 0.187. The highest BCUT2D eigenvalue weighted by Crippen LogP contribution is 2.28. The molecule has 152 valence electrons. The van der Waals surface area contributed by atoms with Crippen LogP contribution in [0.15, 0.2) is 64.5 Å². The number of benzene rings is 2. The molecule has 2 aromatic heterocycles. The number of aryl methyl sites for hydroxylation is 1. The van der Waals surface area contributed by atoms with Crippen LogP contribution in [0.5, 0.6) is 0 Å². The predicted octanol–water partition coefficient (Wildman–Crippen LogP) is 6.29. The number of thiophene rings is 1. The maximum absolute atomic E-state index is 13.3. The SMILES string of the molecule is CCc1cc2c(=O)n(-c3ccccc3)c(SCC(=O)c3ccc(Cl)c(Cl)c3)nc2s1.